The summed E-state index contributed by atoms with van der Waals surface area (Å²) in [6, 6.07) is 4.16. The molecule has 0 heterocycles. The smallest absolute Gasteiger partial charge is 0.306 e. The lowest BCUT2D eigenvalue weighted by Crippen LogP contribution is -2.41. The average Bonchev–Trinajstić information content (AvgIpc) is 2.51. The summed E-state index contributed by atoms with van der Waals surface area (Å²) in [4.78, 5) is 12.0. The SMILES string of the molecule is CCC(C)O[Si](C)(C)CCCNCC(=O)O[Si](CC)(CC)CC. The third kappa shape index (κ3) is 9.64. The van der Waals surface area contributed by atoms with Crippen molar-refractivity contribution in [2.75, 3.05) is 13.1 Å². The quantitative estimate of drug-likeness (QED) is 0.386. The van der Waals surface area contributed by atoms with E-state index in [2.05, 4.69) is 53.0 Å². The molecule has 0 aromatic carbocycles. The van der Waals surface area contributed by atoms with Crippen LogP contribution < -0.4 is 5.32 Å². The predicted octanol–water partition coefficient (Wildman–Crippen LogP) is 4.53. The first-order valence-corrected chi connectivity index (χ1v) is 15.0. The second kappa shape index (κ2) is 11.4. The molecule has 0 amide bonds. The molecule has 0 rings (SSSR count). The summed E-state index contributed by atoms with van der Waals surface area (Å²) >= 11 is 0. The Bertz CT molecular complexity index is 326. The number of carbonyl (C=O) groups is 1. The molecule has 1 N–H and O–H groups in total. The average molecular weight is 362 g/mol. The van der Waals surface area contributed by atoms with Crippen molar-refractivity contribution in [1.29, 1.82) is 0 Å². The fraction of sp³-hybridized carbons (Fsp3) is 0.941. The highest BCUT2D eigenvalue weighted by atomic mass is 28.4. The van der Waals surface area contributed by atoms with Crippen LogP contribution in [0, 0.1) is 0 Å². The summed E-state index contributed by atoms with van der Waals surface area (Å²) in [5.41, 5.74) is 0. The van der Waals surface area contributed by atoms with Crippen molar-refractivity contribution < 1.29 is 13.6 Å². The first-order valence-electron chi connectivity index (χ1n) is 9.34. The summed E-state index contributed by atoms with van der Waals surface area (Å²) in [5, 5.41) is 3.23. The molecule has 0 aliphatic carbocycles. The maximum Gasteiger partial charge on any atom is 0.306 e. The van der Waals surface area contributed by atoms with Crippen molar-refractivity contribution in [3.05, 3.63) is 0 Å². The van der Waals surface area contributed by atoms with E-state index in [1.54, 1.807) is 0 Å². The van der Waals surface area contributed by atoms with Gasteiger partial charge in [-0.2, -0.15) is 0 Å². The molecule has 1 unspecified atom stereocenters. The third-order valence-electron chi connectivity index (χ3n) is 4.76. The van der Waals surface area contributed by atoms with E-state index in [0.717, 1.165) is 43.6 Å². The summed E-state index contributed by atoms with van der Waals surface area (Å²) < 4.78 is 12.0. The van der Waals surface area contributed by atoms with Crippen LogP contribution in [0.2, 0.25) is 37.3 Å². The third-order valence-corrected chi connectivity index (χ3v) is 11.9. The van der Waals surface area contributed by atoms with Crippen molar-refractivity contribution in [3.63, 3.8) is 0 Å². The molecule has 138 valence electrons. The lowest BCUT2D eigenvalue weighted by molar-refractivity contribution is -0.134. The standard InChI is InChI=1S/C17H39NO3Si2/c1-8-16(5)20-22(6,7)14-12-13-18-15-17(19)21-23(9-2,10-3)11-4/h16,18H,8-15H2,1-7H3. The molecule has 1 atom stereocenters. The van der Waals surface area contributed by atoms with Crippen molar-refractivity contribution in [1.82, 2.24) is 5.32 Å². The Morgan fingerprint density at radius 2 is 1.65 bits per heavy atom. The zero-order valence-corrected chi connectivity index (χ0v) is 18.5. The molecule has 6 heteroatoms. The van der Waals surface area contributed by atoms with Crippen LogP contribution >= 0.6 is 0 Å². The van der Waals surface area contributed by atoms with Crippen LogP contribution in [-0.2, 0) is 13.6 Å². The van der Waals surface area contributed by atoms with Crippen LogP contribution in [-0.4, -0.2) is 41.8 Å². The summed E-state index contributed by atoms with van der Waals surface area (Å²) in [6.07, 6.45) is 2.48. The van der Waals surface area contributed by atoms with Crippen molar-refractivity contribution in [2.45, 2.75) is 90.8 Å². The largest absolute Gasteiger partial charge is 0.518 e. The zero-order chi connectivity index (χ0) is 17.9. The second-order valence-corrected chi connectivity index (χ2v) is 16.0. The van der Waals surface area contributed by atoms with Crippen molar-refractivity contribution in [2.24, 2.45) is 0 Å². The lowest BCUT2D eigenvalue weighted by atomic mass is 10.3. The summed E-state index contributed by atoms with van der Waals surface area (Å²) in [7, 11) is -3.37. The van der Waals surface area contributed by atoms with Gasteiger partial charge in [0, 0.05) is 6.10 Å². The predicted molar refractivity (Wildman–Crippen MR) is 104 cm³/mol. The van der Waals surface area contributed by atoms with Gasteiger partial charge in [0.25, 0.3) is 8.32 Å². The summed E-state index contributed by atoms with van der Waals surface area (Å²) in [5.74, 6) is -0.0745. The van der Waals surface area contributed by atoms with Crippen LogP contribution in [0.25, 0.3) is 0 Å². The monoisotopic (exact) mass is 361 g/mol. The van der Waals surface area contributed by atoms with Gasteiger partial charge >= 0.3 is 5.97 Å². The molecule has 0 aromatic heterocycles. The molecule has 0 aliphatic rings. The van der Waals surface area contributed by atoms with Crippen LogP contribution in [0.15, 0.2) is 0 Å². The molecule has 0 aliphatic heterocycles. The Hall–Kier alpha value is -0.176. The second-order valence-electron chi connectivity index (χ2n) is 7.09. The van der Waals surface area contributed by atoms with Crippen LogP contribution in [0.1, 0.15) is 47.5 Å². The molecule has 0 spiro atoms. The van der Waals surface area contributed by atoms with Crippen molar-refractivity contribution >= 4 is 22.6 Å². The molecule has 0 bridgehead atoms. The van der Waals surface area contributed by atoms with E-state index in [1.165, 1.54) is 0 Å². The Kier molecular flexibility index (Phi) is 11.3. The highest BCUT2D eigenvalue weighted by Gasteiger charge is 2.32. The van der Waals surface area contributed by atoms with Crippen LogP contribution in [0.5, 0.6) is 0 Å². The van der Waals surface area contributed by atoms with Gasteiger partial charge in [0.2, 0.25) is 0 Å². The van der Waals surface area contributed by atoms with Gasteiger partial charge in [-0.1, -0.05) is 27.7 Å². The van der Waals surface area contributed by atoms with Gasteiger partial charge in [0.05, 0.1) is 6.54 Å². The van der Waals surface area contributed by atoms with Gasteiger partial charge in [-0.3, -0.25) is 4.79 Å². The minimum atomic E-state index is -1.80. The molecule has 0 saturated carbocycles. The van der Waals surface area contributed by atoms with E-state index in [1.807, 2.05) is 0 Å². The fourth-order valence-corrected chi connectivity index (χ4v) is 7.65. The Morgan fingerprint density at radius 1 is 1.09 bits per heavy atom. The minimum absolute atomic E-state index is 0.0745. The van der Waals surface area contributed by atoms with E-state index >= 15 is 0 Å². The van der Waals surface area contributed by atoms with Gasteiger partial charge in [0.15, 0.2) is 8.32 Å². The van der Waals surface area contributed by atoms with Gasteiger partial charge < -0.3 is 14.2 Å². The Morgan fingerprint density at radius 3 is 2.13 bits per heavy atom. The highest BCUT2D eigenvalue weighted by molar-refractivity contribution is 6.75. The molecular formula is C17H39NO3Si2. The lowest BCUT2D eigenvalue weighted by Gasteiger charge is -2.28. The topological polar surface area (TPSA) is 47.6 Å². The van der Waals surface area contributed by atoms with Gasteiger partial charge in [-0.25, -0.2) is 0 Å². The normalized spacial score (nSPS) is 13.9. The number of rotatable bonds is 13. The first kappa shape index (κ1) is 22.8. The number of hydrogen-bond donors (Lipinski definition) is 1. The van der Waals surface area contributed by atoms with E-state index in [-0.39, 0.29) is 5.97 Å². The van der Waals surface area contributed by atoms with Gasteiger partial charge in [0.1, 0.15) is 0 Å². The maximum atomic E-state index is 12.0. The molecule has 0 saturated heterocycles. The number of nitrogens with one attached hydrogen (secondary N) is 1. The molecule has 4 nitrogen and oxygen atoms in total. The molecule has 0 radical (unpaired) electrons. The van der Waals surface area contributed by atoms with E-state index < -0.39 is 16.6 Å². The van der Waals surface area contributed by atoms with Crippen LogP contribution in [0.4, 0.5) is 0 Å². The van der Waals surface area contributed by atoms with E-state index in [9.17, 15) is 4.79 Å². The van der Waals surface area contributed by atoms with Crippen molar-refractivity contribution in [3.8, 4) is 0 Å². The molecular weight excluding hydrogens is 322 g/mol. The number of carbonyl (C=O) groups excluding carboxylic acids is 1. The minimum Gasteiger partial charge on any atom is -0.518 e. The first-order chi connectivity index (χ1) is 10.7. The van der Waals surface area contributed by atoms with E-state index in [0.29, 0.717) is 12.6 Å². The molecule has 0 fully saturated rings. The molecule has 0 aromatic rings. The van der Waals surface area contributed by atoms with Crippen LogP contribution in [0.3, 0.4) is 0 Å². The number of hydrogen-bond acceptors (Lipinski definition) is 4. The van der Waals surface area contributed by atoms with E-state index in [4.69, 9.17) is 8.85 Å². The van der Waals surface area contributed by atoms with Gasteiger partial charge in [-0.15, -0.1) is 0 Å². The Balaban J connectivity index is 3.97. The Labute approximate surface area is 146 Å². The maximum absolute atomic E-state index is 12.0. The molecule has 23 heavy (non-hydrogen) atoms. The van der Waals surface area contributed by atoms with Gasteiger partial charge in [-0.05, 0) is 63.6 Å². The fourth-order valence-electron chi connectivity index (χ4n) is 2.76. The highest BCUT2D eigenvalue weighted by Crippen LogP contribution is 2.21. The zero-order valence-electron chi connectivity index (χ0n) is 16.5. The summed E-state index contributed by atoms with van der Waals surface area (Å²) in [6.45, 7) is 16.5.